The Kier molecular flexibility index (Phi) is 3.80. The SMILES string of the molecule is C1=C(c2ccccc2)Sc2nc3ccccc3n2[C@H]1NC12CC3CC(CC(C3)C1)C2. The topological polar surface area (TPSA) is 29.9 Å². The van der Waals surface area contributed by atoms with Gasteiger partial charge < -0.3 is 0 Å². The predicted octanol–water partition coefficient (Wildman–Crippen LogP) is 6.24. The molecule has 0 saturated heterocycles. The Hall–Kier alpha value is -2.04. The number of hydrogen-bond donors (Lipinski definition) is 1. The van der Waals surface area contributed by atoms with Crippen molar-refractivity contribution >= 4 is 27.7 Å². The van der Waals surface area contributed by atoms with Crippen molar-refractivity contribution < 1.29 is 0 Å². The molecule has 3 nitrogen and oxygen atoms in total. The third-order valence-electron chi connectivity index (χ3n) is 7.90. The first-order valence-electron chi connectivity index (χ1n) is 11.4. The van der Waals surface area contributed by atoms with Gasteiger partial charge in [-0.05, 0) is 80.1 Å². The molecule has 4 saturated carbocycles. The van der Waals surface area contributed by atoms with Crippen LogP contribution in [0.5, 0.6) is 0 Å². The Morgan fingerprint density at radius 1 is 0.867 bits per heavy atom. The number of aromatic nitrogens is 2. The number of rotatable bonds is 3. The van der Waals surface area contributed by atoms with Crippen LogP contribution in [0.3, 0.4) is 0 Å². The van der Waals surface area contributed by atoms with E-state index in [1.54, 1.807) is 11.8 Å². The van der Waals surface area contributed by atoms with Crippen LogP contribution in [0.2, 0.25) is 0 Å². The second-order valence-electron chi connectivity index (χ2n) is 10.0. The van der Waals surface area contributed by atoms with Gasteiger partial charge in [0.2, 0.25) is 0 Å². The Bertz CT molecular complexity index is 1110. The highest BCUT2D eigenvalue weighted by atomic mass is 32.2. The molecule has 4 aliphatic carbocycles. The molecule has 1 N–H and O–H groups in total. The van der Waals surface area contributed by atoms with E-state index in [0.717, 1.165) is 28.4 Å². The van der Waals surface area contributed by atoms with Crippen molar-refractivity contribution in [2.45, 2.75) is 55.4 Å². The molecule has 0 amide bonds. The maximum Gasteiger partial charge on any atom is 0.175 e. The summed E-state index contributed by atoms with van der Waals surface area (Å²) in [4.78, 5) is 6.34. The molecule has 5 aliphatic rings. The summed E-state index contributed by atoms with van der Waals surface area (Å²) >= 11 is 1.80. The van der Waals surface area contributed by atoms with E-state index < -0.39 is 0 Å². The van der Waals surface area contributed by atoms with E-state index >= 15 is 0 Å². The van der Waals surface area contributed by atoms with Crippen LogP contribution in [-0.2, 0) is 0 Å². The molecule has 1 aliphatic heterocycles. The maximum atomic E-state index is 5.02. The number of para-hydroxylation sites is 2. The Morgan fingerprint density at radius 3 is 2.27 bits per heavy atom. The highest BCUT2D eigenvalue weighted by Gasteiger charge is 2.51. The van der Waals surface area contributed by atoms with E-state index in [4.69, 9.17) is 4.98 Å². The first-order valence-corrected chi connectivity index (χ1v) is 12.3. The van der Waals surface area contributed by atoms with E-state index in [1.165, 1.54) is 54.5 Å². The van der Waals surface area contributed by atoms with E-state index in [9.17, 15) is 0 Å². The monoisotopic (exact) mass is 413 g/mol. The molecule has 4 bridgehead atoms. The zero-order valence-corrected chi connectivity index (χ0v) is 17.9. The van der Waals surface area contributed by atoms with Gasteiger partial charge in [0.1, 0.15) is 6.17 Å². The molecule has 1 aromatic heterocycles. The highest BCUT2D eigenvalue weighted by Crippen LogP contribution is 2.56. The number of thioether (sulfide) groups is 1. The number of fused-ring (bicyclic) bond motifs is 3. The van der Waals surface area contributed by atoms with Crippen molar-refractivity contribution in [1.82, 2.24) is 14.9 Å². The molecule has 0 spiro atoms. The van der Waals surface area contributed by atoms with Crippen LogP contribution in [-0.4, -0.2) is 15.1 Å². The van der Waals surface area contributed by atoms with Gasteiger partial charge in [0.05, 0.1) is 11.0 Å². The fourth-order valence-electron chi connectivity index (χ4n) is 7.18. The van der Waals surface area contributed by atoms with Gasteiger partial charge in [-0.3, -0.25) is 9.88 Å². The zero-order chi connectivity index (χ0) is 19.7. The van der Waals surface area contributed by atoms with Gasteiger partial charge >= 0.3 is 0 Å². The van der Waals surface area contributed by atoms with Crippen LogP contribution >= 0.6 is 11.8 Å². The smallest absolute Gasteiger partial charge is 0.175 e. The molecule has 2 aromatic carbocycles. The second kappa shape index (κ2) is 6.48. The number of nitrogens with zero attached hydrogens (tertiary/aromatic N) is 2. The average Bonchev–Trinajstić information content (AvgIpc) is 3.12. The van der Waals surface area contributed by atoms with Crippen molar-refractivity contribution in [2.24, 2.45) is 17.8 Å². The molecule has 8 rings (SSSR count). The average molecular weight is 414 g/mol. The van der Waals surface area contributed by atoms with Gasteiger partial charge in [0.25, 0.3) is 0 Å². The standard InChI is InChI=1S/C26H27N3S/c1-2-6-20(7-3-1)23-13-24(29-22-9-5-4-8-21(22)27-25(29)30-23)28-26-14-17-10-18(15-26)12-19(11-17)16-26/h1-9,13,17-19,24,28H,10-12,14-16H2/t17?,18?,19?,24-,26?/m1/s1. The zero-order valence-electron chi connectivity index (χ0n) is 17.1. The molecule has 0 unspecified atom stereocenters. The molecule has 3 aromatic rings. The molecule has 4 fully saturated rings. The third kappa shape index (κ3) is 2.73. The lowest BCUT2D eigenvalue weighted by Crippen LogP contribution is -2.59. The lowest BCUT2D eigenvalue weighted by molar-refractivity contribution is -0.0270. The summed E-state index contributed by atoms with van der Waals surface area (Å²) in [7, 11) is 0. The van der Waals surface area contributed by atoms with Gasteiger partial charge in [-0.25, -0.2) is 4.98 Å². The normalized spacial score (nSPS) is 34.2. The fraction of sp³-hybridized carbons (Fsp3) is 0.423. The molecular weight excluding hydrogens is 386 g/mol. The molecule has 2 heterocycles. The number of nitrogens with one attached hydrogen (secondary N) is 1. The second-order valence-corrected chi connectivity index (χ2v) is 11.0. The van der Waals surface area contributed by atoms with Crippen molar-refractivity contribution in [1.29, 1.82) is 0 Å². The summed E-state index contributed by atoms with van der Waals surface area (Å²) in [5.41, 5.74) is 3.94. The van der Waals surface area contributed by atoms with Crippen LogP contribution < -0.4 is 5.32 Å². The van der Waals surface area contributed by atoms with Gasteiger partial charge in [-0.15, -0.1) is 0 Å². The first-order chi connectivity index (χ1) is 14.7. The molecule has 152 valence electrons. The summed E-state index contributed by atoms with van der Waals surface area (Å²) < 4.78 is 2.45. The summed E-state index contributed by atoms with van der Waals surface area (Å²) in [6.45, 7) is 0. The number of benzene rings is 2. The summed E-state index contributed by atoms with van der Waals surface area (Å²) in [5, 5.41) is 5.34. The number of hydrogen-bond acceptors (Lipinski definition) is 3. The quantitative estimate of drug-likeness (QED) is 0.551. The fourth-order valence-corrected chi connectivity index (χ4v) is 8.28. The van der Waals surface area contributed by atoms with E-state index in [0.29, 0.717) is 5.54 Å². The summed E-state index contributed by atoms with van der Waals surface area (Å²) in [5.74, 6) is 2.83. The number of imidazole rings is 1. The molecule has 4 heteroatoms. The van der Waals surface area contributed by atoms with Crippen LogP contribution in [0.25, 0.3) is 15.9 Å². The minimum absolute atomic E-state index is 0.167. The first kappa shape index (κ1) is 17.6. The Morgan fingerprint density at radius 2 is 1.53 bits per heavy atom. The van der Waals surface area contributed by atoms with Gasteiger partial charge in [-0.2, -0.15) is 0 Å². The largest absolute Gasteiger partial charge is 0.299 e. The lowest BCUT2D eigenvalue weighted by atomic mass is 9.53. The van der Waals surface area contributed by atoms with Crippen molar-refractivity contribution in [3.8, 4) is 0 Å². The Balaban J connectivity index is 1.33. The van der Waals surface area contributed by atoms with Crippen LogP contribution in [0.4, 0.5) is 0 Å². The van der Waals surface area contributed by atoms with E-state index in [-0.39, 0.29) is 6.17 Å². The van der Waals surface area contributed by atoms with Crippen molar-refractivity contribution in [2.75, 3.05) is 0 Å². The Labute approximate surface area is 182 Å². The highest BCUT2D eigenvalue weighted by molar-refractivity contribution is 8.08. The van der Waals surface area contributed by atoms with Crippen LogP contribution in [0.1, 0.15) is 50.3 Å². The maximum absolute atomic E-state index is 5.02. The lowest BCUT2D eigenvalue weighted by Gasteiger charge is -2.58. The van der Waals surface area contributed by atoms with Gasteiger partial charge in [-0.1, -0.05) is 54.2 Å². The third-order valence-corrected chi connectivity index (χ3v) is 8.96. The van der Waals surface area contributed by atoms with Gasteiger partial charge in [0, 0.05) is 10.4 Å². The molecule has 0 radical (unpaired) electrons. The van der Waals surface area contributed by atoms with Crippen molar-refractivity contribution in [3.63, 3.8) is 0 Å². The summed E-state index contributed by atoms with van der Waals surface area (Å²) in [6, 6.07) is 19.4. The van der Waals surface area contributed by atoms with Crippen LogP contribution in [0, 0.1) is 17.8 Å². The van der Waals surface area contributed by atoms with Gasteiger partial charge in [0.15, 0.2) is 5.16 Å². The van der Waals surface area contributed by atoms with E-state index in [2.05, 4.69) is 70.6 Å². The van der Waals surface area contributed by atoms with E-state index in [1.807, 2.05) is 0 Å². The summed E-state index contributed by atoms with van der Waals surface area (Å²) in [6.07, 6.45) is 11.1. The predicted molar refractivity (Wildman–Crippen MR) is 123 cm³/mol. The minimum Gasteiger partial charge on any atom is -0.299 e. The minimum atomic E-state index is 0.167. The molecule has 30 heavy (non-hydrogen) atoms. The van der Waals surface area contributed by atoms with Crippen molar-refractivity contribution in [3.05, 3.63) is 66.2 Å². The molecule has 1 atom stereocenters. The van der Waals surface area contributed by atoms with Crippen LogP contribution in [0.15, 0.2) is 65.8 Å². The molecular formula is C26H27N3S.